The molecule has 0 unspecified atom stereocenters. The number of hydrogen-bond donors (Lipinski definition) is 1. The van der Waals surface area contributed by atoms with Gasteiger partial charge in [-0.2, -0.15) is 0 Å². The average molecular weight is 278 g/mol. The summed E-state index contributed by atoms with van der Waals surface area (Å²) in [5.74, 6) is 2.34. The maximum Gasteiger partial charge on any atom is 0.180 e. The van der Waals surface area contributed by atoms with Gasteiger partial charge in [0, 0.05) is 15.9 Å². The number of ketones is 1. The number of benzene rings is 1. The van der Waals surface area contributed by atoms with Gasteiger partial charge in [-0.15, -0.1) is 23.5 Å². The van der Waals surface area contributed by atoms with Gasteiger partial charge in [0.05, 0.1) is 0 Å². The second-order valence-electron chi connectivity index (χ2n) is 3.81. The molecule has 94 valence electrons. The van der Waals surface area contributed by atoms with Gasteiger partial charge in [-0.05, 0) is 36.1 Å². The summed E-state index contributed by atoms with van der Waals surface area (Å²) < 4.78 is 1.09. The topological polar surface area (TPSA) is 37.3 Å². The van der Waals surface area contributed by atoms with Gasteiger partial charge in [-0.25, -0.2) is 0 Å². The third-order valence-corrected chi connectivity index (χ3v) is 4.90. The molecule has 1 N–H and O–H groups in total. The van der Waals surface area contributed by atoms with E-state index in [1.807, 2.05) is 6.07 Å². The molecular weight excluding hydrogens is 264 g/mol. The molecule has 0 bridgehead atoms. The van der Waals surface area contributed by atoms with Crippen LogP contribution in [0.1, 0.15) is 12.0 Å². The van der Waals surface area contributed by atoms with Crippen LogP contribution in [0.3, 0.4) is 0 Å². The van der Waals surface area contributed by atoms with Gasteiger partial charge >= 0.3 is 0 Å². The first-order chi connectivity index (χ1) is 8.75. The zero-order chi connectivity index (χ0) is 12.8. The zero-order valence-corrected chi connectivity index (χ0v) is 11.5. The van der Waals surface area contributed by atoms with Crippen LogP contribution in [-0.4, -0.2) is 22.4 Å². The molecule has 1 aliphatic rings. The molecule has 1 aromatic rings. The Labute approximate surface area is 115 Å². The molecule has 2 nitrogen and oxygen atoms in total. The third-order valence-electron chi connectivity index (χ3n) is 2.40. The van der Waals surface area contributed by atoms with Crippen molar-refractivity contribution in [3.63, 3.8) is 0 Å². The lowest BCUT2D eigenvalue weighted by Gasteiger charge is -2.11. The van der Waals surface area contributed by atoms with E-state index in [1.165, 1.54) is 12.5 Å². The Morgan fingerprint density at radius 2 is 1.94 bits per heavy atom. The minimum absolute atomic E-state index is 0.0323. The number of aromatic hydroxyl groups is 1. The molecule has 1 aromatic carbocycles. The average Bonchev–Trinajstić information content (AvgIpc) is 2.39. The van der Waals surface area contributed by atoms with Crippen LogP contribution in [0.2, 0.25) is 0 Å². The Hall–Kier alpha value is -1.13. The van der Waals surface area contributed by atoms with E-state index in [0.717, 1.165) is 15.7 Å². The molecule has 1 saturated heterocycles. The Kier molecular flexibility index (Phi) is 4.96. The van der Waals surface area contributed by atoms with Crippen LogP contribution in [0.25, 0.3) is 6.08 Å². The number of phenolic OH excluding ortho intramolecular Hbond substituents is 1. The molecule has 18 heavy (non-hydrogen) atoms. The van der Waals surface area contributed by atoms with Gasteiger partial charge in [0.1, 0.15) is 5.75 Å². The standard InChI is InChI=1S/C14H14O2S2/c15-12(10-14-17-8-3-9-18-14)7-6-11-4-1-2-5-13(11)16/h1-2,4-7,10,16H,3,8-9H2. The van der Waals surface area contributed by atoms with Crippen LogP contribution >= 0.6 is 23.5 Å². The summed E-state index contributed by atoms with van der Waals surface area (Å²) in [6, 6.07) is 6.97. The SMILES string of the molecule is O=C(C=Cc1ccccc1O)C=C1SCCCS1. The van der Waals surface area contributed by atoms with Crippen molar-refractivity contribution in [2.75, 3.05) is 11.5 Å². The second kappa shape index (κ2) is 6.71. The highest BCUT2D eigenvalue weighted by Crippen LogP contribution is 2.34. The molecule has 0 amide bonds. The molecule has 0 radical (unpaired) electrons. The fourth-order valence-electron chi connectivity index (χ4n) is 1.49. The summed E-state index contributed by atoms with van der Waals surface area (Å²) in [4.78, 5) is 11.7. The lowest BCUT2D eigenvalue weighted by Crippen LogP contribution is -1.94. The lowest BCUT2D eigenvalue weighted by molar-refractivity contribution is -0.110. The van der Waals surface area contributed by atoms with E-state index < -0.39 is 0 Å². The molecule has 0 atom stereocenters. The van der Waals surface area contributed by atoms with E-state index in [9.17, 15) is 9.90 Å². The van der Waals surface area contributed by atoms with Crippen molar-refractivity contribution in [1.82, 2.24) is 0 Å². The summed E-state index contributed by atoms with van der Waals surface area (Å²) in [5, 5.41) is 9.56. The molecule has 0 saturated carbocycles. The fraction of sp³-hybridized carbons (Fsp3) is 0.214. The van der Waals surface area contributed by atoms with Crippen molar-refractivity contribution >= 4 is 35.4 Å². The fourth-order valence-corrected chi connectivity index (χ4v) is 3.89. The summed E-state index contributed by atoms with van der Waals surface area (Å²) >= 11 is 3.47. The van der Waals surface area contributed by atoms with E-state index in [1.54, 1.807) is 53.9 Å². The van der Waals surface area contributed by atoms with E-state index in [-0.39, 0.29) is 11.5 Å². The van der Waals surface area contributed by atoms with Crippen molar-refractivity contribution in [2.24, 2.45) is 0 Å². The number of allylic oxidation sites excluding steroid dienone is 2. The maximum absolute atomic E-state index is 11.7. The number of carbonyl (C=O) groups is 1. The van der Waals surface area contributed by atoms with Crippen molar-refractivity contribution < 1.29 is 9.90 Å². The molecule has 2 rings (SSSR count). The number of thioether (sulfide) groups is 2. The molecule has 4 heteroatoms. The smallest absolute Gasteiger partial charge is 0.180 e. The lowest BCUT2D eigenvalue weighted by atomic mass is 10.2. The summed E-state index contributed by atoms with van der Waals surface area (Å²) in [6.07, 6.45) is 6.02. The Morgan fingerprint density at radius 1 is 1.22 bits per heavy atom. The molecule has 0 aliphatic carbocycles. The molecular formula is C14H14O2S2. The molecule has 1 aliphatic heterocycles. The predicted octanol–water partition coefficient (Wildman–Crippen LogP) is 3.69. The number of phenols is 1. The quantitative estimate of drug-likeness (QED) is 0.856. The molecule has 1 heterocycles. The molecule has 0 aromatic heterocycles. The van der Waals surface area contributed by atoms with Crippen LogP contribution < -0.4 is 0 Å². The Balaban J connectivity index is 2.01. The van der Waals surface area contributed by atoms with Crippen LogP contribution in [0.4, 0.5) is 0 Å². The minimum atomic E-state index is -0.0323. The van der Waals surface area contributed by atoms with E-state index >= 15 is 0 Å². The van der Waals surface area contributed by atoms with Crippen molar-refractivity contribution in [3.8, 4) is 5.75 Å². The molecule has 1 fully saturated rings. The normalized spacial score (nSPS) is 15.9. The highest BCUT2D eigenvalue weighted by atomic mass is 32.2. The largest absolute Gasteiger partial charge is 0.507 e. The Bertz CT molecular complexity index is 484. The Morgan fingerprint density at radius 3 is 2.67 bits per heavy atom. The van der Waals surface area contributed by atoms with Crippen molar-refractivity contribution in [3.05, 3.63) is 46.2 Å². The zero-order valence-electron chi connectivity index (χ0n) is 9.83. The van der Waals surface area contributed by atoms with Crippen LogP contribution in [0, 0.1) is 0 Å². The van der Waals surface area contributed by atoms with Crippen LogP contribution in [-0.2, 0) is 4.79 Å². The maximum atomic E-state index is 11.7. The monoisotopic (exact) mass is 278 g/mol. The highest BCUT2D eigenvalue weighted by molar-refractivity contribution is 8.22. The van der Waals surface area contributed by atoms with Crippen molar-refractivity contribution in [2.45, 2.75) is 6.42 Å². The van der Waals surface area contributed by atoms with Gasteiger partial charge in [0.15, 0.2) is 5.78 Å². The number of hydrogen-bond acceptors (Lipinski definition) is 4. The first-order valence-electron chi connectivity index (χ1n) is 5.73. The van der Waals surface area contributed by atoms with Gasteiger partial charge in [-0.1, -0.05) is 18.2 Å². The summed E-state index contributed by atoms with van der Waals surface area (Å²) in [5.41, 5.74) is 0.660. The van der Waals surface area contributed by atoms with Crippen LogP contribution in [0.5, 0.6) is 5.75 Å². The summed E-state index contributed by atoms with van der Waals surface area (Å²) in [6.45, 7) is 0. The highest BCUT2D eigenvalue weighted by Gasteiger charge is 2.07. The van der Waals surface area contributed by atoms with E-state index in [4.69, 9.17) is 0 Å². The minimum Gasteiger partial charge on any atom is -0.507 e. The van der Waals surface area contributed by atoms with Crippen molar-refractivity contribution in [1.29, 1.82) is 0 Å². The first-order valence-corrected chi connectivity index (χ1v) is 7.70. The second-order valence-corrected chi connectivity index (χ2v) is 6.34. The number of carbonyl (C=O) groups excluding carboxylic acids is 1. The van der Waals surface area contributed by atoms with E-state index in [2.05, 4.69) is 0 Å². The number of rotatable bonds is 3. The van der Waals surface area contributed by atoms with Gasteiger partial charge in [0.25, 0.3) is 0 Å². The van der Waals surface area contributed by atoms with E-state index in [0.29, 0.717) is 5.56 Å². The van der Waals surface area contributed by atoms with Gasteiger partial charge in [0.2, 0.25) is 0 Å². The van der Waals surface area contributed by atoms with Gasteiger partial charge < -0.3 is 5.11 Å². The first kappa shape index (κ1) is 13.3. The summed E-state index contributed by atoms with van der Waals surface area (Å²) in [7, 11) is 0. The van der Waals surface area contributed by atoms with Gasteiger partial charge in [-0.3, -0.25) is 4.79 Å². The number of para-hydroxylation sites is 1. The molecule has 0 spiro atoms. The predicted molar refractivity (Wildman–Crippen MR) is 79.8 cm³/mol. The third kappa shape index (κ3) is 3.96. The van der Waals surface area contributed by atoms with Crippen LogP contribution in [0.15, 0.2) is 40.7 Å².